The van der Waals surface area contributed by atoms with Crippen molar-refractivity contribution in [2.24, 2.45) is 0 Å². The molecule has 80 valence electrons. The summed E-state index contributed by atoms with van der Waals surface area (Å²) in [6.07, 6.45) is 1.23. The molecule has 9 heteroatoms. The van der Waals surface area contributed by atoms with Crippen molar-refractivity contribution in [1.29, 1.82) is 0 Å². The van der Waals surface area contributed by atoms with Gasteiger partial charge < -0.3 is 9.66 Å². The van der Waals surface area contributed by atoms with Gasteiger partial charge in [-0.1, -0.05) is 5.21 Å². The van der Waals surface area contributed by atoms with Gasteiger partial charge in [-0.2, -0.15) is 0 Å². The van der Waals surface area contributed by atoms with Gasteiger partial charge >= 0.3 is 29.6 Å². The molecule has 0 aliphatic carbocycles. The molecule has 1 atom stereocenters. The molecular weight excluding hydrogens is 233 g/mol. The fourth-order valence-electron chi connectivity index (χ4n) is 0.804. The van der Waals surface area contributed by atoms with Crippen LogP contribution in [0, 0.1) is 0 Å². The van der Waals surface area contributed by atoms with Crippen LogP contribution >= 0.6 is 0 Å². The molecule has 1 aromatic heterocycles. The summed E-state index contributed by atoms with van der Waals surface area (Å²) >= 11 is 0. The van der Waals surface area contributed by atoms with E-state index in [2.05, 4.69) is 10.3 Å². The molecule has 0 saturated heterocycles. The van der Waals surface area contributed by atoms with E-state index in [9.17, 15) is 13.0 Å². The minimum atomic E-state index is -4.78. The van der Waals surface area contributed by atoms with E-state index in [0.717, 1.165) is 0 Å². The third-order valence-electron chi connectivity index (χ3n) is 1.58. The quantitative estimate of drug-likeness (QED) is 0.434. The first kappa shape index (κ1) is 15.0. The molecule has 0 aliphatic heterocycles. The van der Waals surface area contributed by atoms with Gasteiger partial charge in [-0.15, -0.1) is 5.10 Å². The smallest absolute Gasteiger partial charge is 0.746 e. The second-order valence-corrected chi connectivity index (χ2v) is 4.49. The summed E-state index contributed by atoms with van der Waals surface area (Å²) in [7, 11) is -4.78. The predicted molar refractivity (Wildman–Crippen MR) is 45.1 cm³/mol. The zero-order chi connectivity index (χ0) is 10.9. The first-order chi connectivity index (χ1) is 6.32. The van der Waals surface area contributed by atoms with Crippen LogP contribution in [0.4, 0.5) is 0 Å². The molecule has 0 spiro atoms. The molecule has 0 saturated carbocycles. The van der Waals surface area contributed by atoms with E-state index in [1.807, 2.05) is 0 Å². The Morgan fingerprint density at radius 2 is 2.07 bits per heavy atom. The van der Waals surface area contributed by atoms with E-state index in [0.29, 0.717) is 0 Å². The van der Waals surface area contributed by atoms with E-state index in [-0.39, 0.29) is 41.3 Å². The van der Waals surface area contributed by atoms with E-state index in [1.54, 1.807) is 13.8 Å². The summed E-state index contributed by atoms with van der Waals surface area (Å²) in [6, 6.07) is -0.0159. The van der Waals surface area contributed by atoms with Crippen molar-refractivity contribution in [2.75, 3.05) is 0 Å². The molecule has 1 aromatic rings. The van der Waals surface area contributed by atoms with Crippen molar-refractivity contribution < 1.29 is 47.6 Å². The molecule has 1 N–H and O–H groups in total. The van der Waals surface area contributed by atoms with Crippen molar-refractivity contribution in [2.45, 2.75) is 25.3 Å². The molecule has 15 heavy (non-hydrogen) atoms. The fraction of sp³-hybridized carbons (Fsp3) is 0.667. The summed E-state index contributed by atoms with van der Waals surface area (Å²) in [5, 5.41) is 16.0. The van der Waals surface area contributed by atoms with Gasteiger partial charge in [-0.05, 0) is 13.8 Å². The van der Waals surface area contributed by atoms with Gasteiger partial charge in [-0.3, -0.25) is 0 Å². The summed E-state index contributed by atoms with van der Waals surface area (Å²) < 4.78 is 32.6. The third-order valence-corrected chi connectivity index (χ3v) is 2.37. The van der Waals surface area contributed by atoms with Crippen LogP contribution < -0.4 is 29.6 Å². The molecule has 0 bridgehead atoms. The van der Waals surface area contributed by atoms with Gasteiger partial charge in [0.15, 0.2) is 5.44 Å². The standard InChI is InChI=1S/C6H11N3O4S.Na/c1-4(2)9-3-5(7-8-9)6(10)14(11,12)13;/h3-4,6,10H,1-2H3,(H,11,12,13);/q;+1/p-1. The first-order valence-corrected chi connectivity index (χ1v) is 5.34. The maximum atomic E-state index is 10.4. The van der Waals surface area contributed by atoms with Crippen LogP contribution in [-0.2, 0) is 10.1 Å². The normalized spacial score (nSPS) is 13.7. The second kappa shape index (κ2) is 5.37. The zero-order valence-electron chi connectivity index (χ0n) is 8.65. The van der Waals surface area contributed by atoms with Crippen molar-refractivity contribution in [3.63, 3.8) is 0 Å². The SMILES string of the molecule is CC(C)n1cc(C(O)S(=O)(=O)[O-])nn1.[Na+]. The van der Waals surface area contributed by atoms with E-state index in [1.165, 1.54) is 10.9 Å². The minimum absolute atomic E-state index is 0. The zero-order valence-corrected chi connectivity index (χ0v) is 11.5. The fourth-order valence-corrected chi connectivity index (χ4v) is 1.21. The first-order valence-electron chi connectivity index (χ1n) is 3.87. The van der Waals surface area contributed by atoms with Crippen molar-refractivity contribution >= 4 is 10.1 Å². The summed E-state index contributed by atoms with van der Waals surface area (Å²) in [4.78, 5) is 0. The molecule has 0 aliphatic rings. The number of hydrogen-bond donors (Lipinski definition) is 1. The van der Waals surface area contributed by atoms with Crippen LogP contribution in [-0.4, -0.2) is 33.1 Å². The maximum Gasteiger partial charge on any atom is 1.00 e. The number of rotatable bonds is 3. The Kier molecular flexibility index (Phi) is 5.38. The molecule has 0 radical (unpaired) electrons. The Balaban J connectivity index is 0.00000196. The van der Waals surface area contributed by atoms with Gasteiger partial charge in [0.05, 0.1) is 6.20 Å². The molecule has 0 amide bonds. The van der Waals surface area contributed by atoms with Crippen LogP contribution in [0.5, 0.6) is 0 Å². The summed E-state index contributed by atoms with van der Waals surface area (Å²) in [5.41, 5.74) is -2.40. The van der Waals surface area contributed by atoms with E-state index in [4.69, 9.17) is 5.11 Å². The van der Waals surface area contributed by atoms with Crippen LogP contribution in [0.1, 0.15) is 31.0 Å². The van der Waals surface area contributed by atoms with Crippen molar-refractivity contribution in [3.05, 3.63) is 11.9 Å². The number of hydrogen-bond acceptors (Lipinski definition) is 6. The van der Waals surface area contributed by atoms with E-state index < -0.39 is 15.6 Å². The van der Waals surface area contributed by atoms with E-state index >= 15 is 0 Å². The maximum absolute atomic E-state index is 10.4. The Hall–Kier alpha value is 0.0100. The number of nitrogens with zero attached hydrogens (tertiary/aromatic N) is 3. The van der Waals surface area contributed by atoms with Gasteiger partial charge in [0, 0.05) is 6.04 Å². The topological polar surface area (TPSA) is 108 Å². The van der Waals surface area contributed by atoms with Gasteiger partial charge in [0.2, 0.25) is 0 Å². The van der Waals surface area contributed by atoms with Crippen molar-refractivity contribution in [1.82, 2.24) is 15.0 Å². The average molecular weight is 243 g/mol. The average Bonchev–Trinajstić information content (AvgIpc) is 2.48. The summed E-state index contributed by atoms with van der Waals surface area (Å²) in [6.45, 7) is 3.60. The Bertz CT molecular complexity index is 416. The summed E-state index contributed by atoms with van der Waals surface area (Å²) in [5.74, 6) is 0. The Labute approximate surface area is 110 Å². The number of aliphatic hydroxyl groups excluding tert-OH is 1. The molecule has 7 nitrogen and oxygen atoms in total. The van der Waals surface area contributed by atoms with Crippen molar-refractivity contribution in [3.8, 4) is 0 Å². The van der Waals surface area contributed by atoms with Gasteiger partial charge in [0.25, 0.3) is 0 Å². The van der Waals surface area contributed by atoms with Crippen LogP contribution in [0.3, 0.4) is 0 Å². The minimum Gasteiger partial charge on any atom is -0.746 e. The van der Waals surface area contributed by atoms with Crippen LogP contribution in [0.25, 0.3) is 0 Å². The molecule has 1 heterocycles. The molecular formula is C6H10N3NaO4S. The molecule has 1 unspecified atom stereocenters. The van der Waals surface area contributed by atoms with Gasteiger partial charge in [0.1, 0.15) is 15.8 Å². The molecule has 0 aromatic carbocycles. The Morgan fingerprint density at radius 1 is 1.53 bits per heavy atom. The monoisotopic (exact) mass is 243 g/mol. The molecule has 0 fully saturated rings. The Morgan fingerprint density at radius 3 is 2.40 bits per heavy atom. The number of aromatic nitrogens is 3. The van der Waals surface area contributed by atoms with Crippen LogP contribution in [0.2, 0.25) is 0 Å². The third kappa shape index (κ3) is 3.82. The molecule has 1 rings (SSSR count). The second-order valence-electron chi connectivity index (χ2n) is 3.06. The predicted octanol–water partition coefficient (Wildman–Crippen LogP) is -3.60. The largest absolute Gasteiger partial charge is 1.00 e. The van der Waals surface area contributed by atoms with Gasteiger partial charge in [-0.25, -0.2) is 13.1 Å². The van der Waals surface area contributed by atoms with Crippen LogP contribution in [0.15, 0.2) is 6.20 Å². The number of aliphatic hydroxyl groups is 1.